The number of thioether (sulfide) groups is 1. The van der Waals surface area contributed by atoms with Crippen LogP contribution in [0.25, 0.3) is 0 Å². The molecule has 3 rings (SSSR count). The van der Waals surface area contributed by atoms with Crippen LogP contribution in [0.15, 0.2) is 47.2 Å². The zero-order chi connectivity index (χ0) is 18.8. The summed E-state index contributed by atoms with van der Waals surface area (Å²) in [4.78, 5) is 2.52. The number of nitrogens with zero attached hydrogens (tertiary/aromatic N) is 1. The van der Waals surface area contributed by atoms with Crippen molar-refractivity contribution >= 4 is 20.3 Å². The van der Waals surface area contributed by atoms with E-state index in [4.69, 9.17) is 0 Å². The van der Waals surface area contributed by atoms with Gasteiger partial charge in [-0.1, -0.05) is 38.7 Å². The Morgan fingerprint density at radius 3 is 2.85 bits per heavy atom. The summed E-state index contributed by atoms with van der Waals surface area (Å²) in [7, 11) is 1.01. The van der Waals surface area contributed by atoms with Gasteiger partial charge in [-0.2, -0.15) is 0 Å². The summed E-state index contributed by atoms with van der Waals surface area (Å²) in [6, 6.07) is 0.784. The Kier molecular flexibility index (Phi) is 9.93. The van der Waals surface area contributed by atoms with E-state index in [0.29, 0.717) is 5.37 Å². The average molecular weight is 393 g/mol. The van der Waals surface area contributed by atoms with Crippen LogP contribution in [0, 0.1) is 0 Å². The second-order valence-corrected chi connectivity index (χ2v) is 9.23. The first-order valence-corrected chi connectivity index (χ1v) is 12.9. The summed E-state index contributed by atoms with van der Waals surface area (Å²) in [5, 5.41) is 6.34. The molecule has 146 valence electrons. The van der Waals surface area contributed by atoms with Gasteiger partial charge in [-0.3, -0.25) is 0 Å². The van der Waals surface area contributed by atoms with E-state index < -0.39 is 0 Å². The fourth-order valence-corrected chi connectivity index (χ4v) is 5.44. The number of piperidine rings is 1. The molecule has 0 bridgehead atoms. The van der Waals surface area contributed by atoms with Crippen molar-refractivity contribution in [3.63, 3.8) is 0 Å². The van der Waals surface area contributed by atoms with Crippen molar-refractivity contribution in [2.75, 3.05) is 19.4 Å². The molecule has 3 atom stereocenters. The molecule has 3 aliphatic rings. The lowest BCUT2D eigenvalue weighted by molar-refractivity contribution is 0.185. The standard InChI is InChI=1S/C11H16NPS.C11H21N/c1-13-7-10-8-14-11(12-10)9-5-3-2-4-6-9;1-4-10(3)12-9-7-6-8-11(12)5-2/h3,5-6,8,11-13H,2,4,7H2,1H3;11H,3-9H2,1-2H3. The fourth-order valence-electron chi connectivity index (χ4n) is 3.70. The van der Waals surface area contributed by atoms with Gasteiger partial charge in [0.2, 0.25) is 0 Å². The zero-order valence-corrected chi connectivity index (χ0v) is 18.7. The topological polar surface area (TPSA) is 15.3 Å². The number of hydrogen-bond donors (Lipinski definition) is 1. The van der Waals surface area contributed by atoms with Crippen LogP contribution in [0.1, 0.15) is 58.8 Å². The molecule has 2 aliphatic heterocycles. The summed E-state index contributed by atoms with van der Waals surface area (Å²) < 4.78 is 0. The Hall–Kier alpha value is -0.660. The number of nitrogens with one attached hydrogen (secondary N) is 1. The van der Waals surface area contributed by atoms with Gasteiger partial charge >= 0.3 is 0 Å². The molecule has 0 aromatic carbocycles. The Morgan fingerprint density at radius 1 is 1.35 bits per heavy atom. The Balaban J connectivity index is 0.000000190. The molecule has 0 saturated carbocycles. The highest BCUT2D eigenvalue weighted by molar-refractivity contribution is 8.03. The predicted molar refractivity (Wildman–Crippen MR) is 122 cm³/mol. The van der Waals surface area contributed by atoms with E-state index in [1.54, 1.807) is 0 Å². The first kappa shape index (κ1) is 21.6. The Bertz CT molecular complexity index is 538. The van der Waals surface area contributed by atoms with E-state index in [1.165, 1.54) is 68.2 Å². The first-order valence-electron chi connectivity index (χ1n) is 10.3. The molecule has 1 N–H and O–H groups in total. The predicted octanol–water partition coefficient (Wildman–Crippen LogP) is 6.25. The Labute approximate surface area is 167 Å². The summed E-state index contributed by atoms with van der Waals surface area (Å²) >= 11 is 1.91. The normalized spacial score (nSPS) is 25.4. The number of likely N-dealkylation sites (tertiary alicyclic amines) is 1. The number of hydrogen-bond acceptors (Lipinski definition) is 3. The third-order valence-corrected chi connectivity index (χ3v) is 7.09. The minimum atomic E-state index is 0.484. The van der Waals surface area contributed by atoms with Gasteiger partial charge in [-0.15, -0.1) is 20.3 Å². The third-order valence-electron chi connectivity index (χ3n) is 5.27. The van der Waals surface area contributed by atoms with Gasteiger partial charge < -0.3 is 10.2 Å². The van der Waals surface area contributed by atoms with Crippen molar-refractivity contribution < 1.29 is 0 Å². The molecular weight excluding hydrogens is 355 g/mol. The van der Waals surface area contributed by atoms with Gasteiger partial charge in [-0.05, 0) is 62.6 Å². The van der Waals surface area contributed by atoms with E-state index in [9.17, 15) is 0 Å². The second kappa shape index (κ2) is 11.9. The lowest BCUT2D eigenvalue weighted by Gasteiger charge is -2.38. The maximum absolute atomic E-state index is 4.12. The monoisotopic (exact) mass is 392 g/mol. The summed E-state index contributed by atoms with van der Waals surface area (Å²) in [5.41, 5.74) is 4.20. The summed E-state index contributed by atoms with van der Waals surface area (Å²) in [6.07, 6.45) is 17.0. The van der Waals surface area contributed by atoms with Crippen molar-refractivity contribution in [2.45, 2.75) is 70.2 Å². The highest BCUT2D eigenvalue weighted by Crippen LogP contribution is 2.30. The maximum Gasteiger partial charge on any atom is 0.102 e. The summed E-state index contributed by atoms with van der Waals surface area (Å²) in [6.45, 7) is 12.1. The van der Waals surface area contributed by atoms with Crippen LogP contribution >= 0.6 is 20.3 Å². The van der Waals surface area contributed by atoms with Crippen LogP contribution in [0.2, 0.25) is 0 Å². The first-order chi connectivity index (χ1) is 12.7. The minimum absolute atomic E-state index is 0.484. The molecule has 26 heavy (non-hydrogen) atoms. The molecule has 2 heterocycles. The molecule has 2 nitrogen and oxygen atoms in total. The molecule has 0 spiro atoms. The quantitative estimate of drug-likeness (QED) is 0.538. The van der Waals surface area contributed by atoms with E-state index in [2.05, 4.69) is 60.9 Å². The third kappa shape index (κ3) is 6.50. The van der Waals surface area contributed by atoms with Gasteiger partial charge in [0.05, 0.1) is 0 Å². The summed E-state index contributed by atoms with van der Waals surface area (Å²) in [5.74, 6) is 0. The SMILES string of the molecule is C=C(CC)N1CCCCC1CC.CPCC1=CSC(C2=CCCC=C2)N1. The van der Waals surface area contributed by atoms with E-state index >= 15 is 0 Å². The molecule has 3 unspecified atom stereocenters. The molecule has 0 aromatic heterocycles. The average Bonchev–Trinajstić information content (AvgIpc) is 3.17. The van der Waals surface area contributed by atoms with Gasteiger partial charge in [0.15, 0.2) is 0 Å². The second-order valence-electron chi connectivity index (χ2n) is 7.19. The minimum Gasteiger partial charge on any atom is -0.372 e. The molecule has 1 fully saturated rings. The van der Waals surface area contributed by atoms with Gasteiger partial charge in [0.1, 0.15) is 5.37 Å². The van der Waals surface area contributed by atoms with Crippen molar-refractivity contribution in [1.82, 2.24) is 10.2 Å². The van der Waals surface area contributed by atoms with Gasteiger partial charge in [0, 0.05) is 30.1 Å². The number of rotatable bonds is 6. The van der Waals surface area contributed by atoms with Crippen LogP contribution < -0.4 is 5.32 Å². The van der Waals surface area contributed by atoms with Crippen LogP contribution in [0.5, 0.6) is 0 Å². The smallest absolute Gasteiger partial charge is 0.102 e. The van der Waals surface area contributed by atoms with E-state index in [0.717, 1.165) is 21.0 Å². The molecule has 1 saturated heterocycles. The number of allylic oxidation sites excluding steroid dienone is 4. The largest absolute Gasteiger partial charge is 0.372 e. The van der Waals surface area contributed by atoms with Gasteiger partial charge in [0.25, 0.3) is 0 Å². The molecular formula is C22H37N2PS. The van der Waals surface area contributed by atoms with Crippen LogP contribution in [-0.4, -0.2) is 35.7 Å². The lowest BCUT2D eigenvalue weighted by atomic mass is 9.99. The van der Waals surface area contributed by atoms with Crippen LogP contribution in [-0.2, 0) is 0 Å². The molecule has 0 radical (unpaired) electrons. The maximum atomic E-state index is 4.12. The lowest BCUT2D eigenvalue weighted by Crippen LogP contribution is -2.37. The van der Waals surface area contributed by atoms with E-state index in [1.807, 2.05) is 11.8 Å². The highest BCUT2D eigenvalue weighted by atomic mass is 32.2. The van der Waals surface area contributed by atoms with Crippen molar-refractivity contribution in [3.05, 3.63) is 47.2 Å². The van der Waals surface area contributed by atoms with Crippen molar-refractivity contribution in [2.24, 2.45) is 0 Å². The van der Waals surface area contributed by atoms with Crippen molar-refractivity contribution in [3.8, 4) is 0 Å². The molecule has 0 aromatic rings. The molecule has 0 amide bonds. The van der Waals surface area contributed by atoms with Crippen LogP contribution in [0.3, 0.4) is 0 Å². The highest BCUT2D eigenvalue weighted by Gasteiger charge is 2.20. The van der Waals surface area contributed by atoms with Crippen LogP contribution in [0.4, 0.5) is 0 Å². The van der Waals surface area contributed by atoms with Gasteiger partial charge in [-0.25, -0.2) is 0 Å². The zero-order valence-electron chi connectivity index (χ0n) is 16.9. The fraction of sp³-hybridized carbons (Fsp3) is 0.636. The van der Waals surface area contributed by atoms with Crippen molar-refractivity contribution in [1.29, 1.82) is 0 Å². The molecule has 4 heteroatoms. The van der Waals surface area contributed by atoms with E-state index in [-0.39, 0.29) is 0 Å². The Morgan fingerprint density at radius 2 is 2.19 bits per heavy atom. The molecule has 1 aliphatic carbocycles.